The van der Waals surface area contributed by atoms with E-state index in [1.807, 2.05) is 0 Å². The van der Waals surface area contributed by atoms with Crippen molar-refractivity contribution >= 4 is 17.4 Å². The van der Waals surface area contributed by atoms with E-state index in [0.717, 1.165) is 0 Å². The van der Waals surface area contributed by atoms with E-state index in [2.05, 4.69) is 9.97 Å². The zero-order valence-electron chi connectivity index (χ0n) is 7.61. The van der Waals surface area contributed by atoms with Gasteiger partial charge in [-0.1, -0.05) is 11.6 Å². The highest BCUT2D eigenvalue weighted by Gasteiger charge is 2.07. The molecular formula is C10H7ClFN3. The van der Waals surface area contributed by atoms with Gasteiger partial charge in [0.1, 0.15) is 5.82 Å². The second-order valence-corrected chi connectivity index (χ2v) is 3.34. The van der Waals surface area contributed by atoms with Crippen LogP contribution in [0.15, 0.2) is 30.5 Å². The Bertz CT molecular complexity index is 502. The monoisotopic (exact) mass is 223 g/mol. The van der Waals surface area contributed by atoms with Gasteiger partial charge in [0.2, 0.25) is 5.95 Å². The third-order valence-corrected chi connectivity index (χ3v) is 2.17. The van der Waals surface area contributed by atoms with E-state index >= 15 is 0 Å². The largest absolute Gasteiger partial charge is 0.384 e. The molecule has 2 N–H and O–H groups in total. The fraction of sp³-hybridized carbons (Fsp3) is 0. The van der Waals surface area contributed by atoms with Crippen LogP contribution in [0.4, 0.5) is 10.2 Å². The van der Waals surface area contributed by atoms with Crippen LogP contribution in [-0.4, -0.2) is 9.97 Å². The van der Waals surface area contributed by atoms with Crippen molar-refractivity contribution in [3.05, 3.63) is 41.4 Å². The maximum Gasteiger partial charge on any atom is 0.213 e. The van der Waals surface area contributed by atoms with Crippen molar-refractivity contribution in [2.24, 2.45) is 0 Å². The smallest absolute Gasteiger partial charge is 0.213 e. The van der Waals surface area contributed by atoms with Gasteiger partial charge in [0.15, 0.2) is 0 Å². The number of nitrogens with two attached hydrogens (primary N) is 1. The van der Waals surface area contributed by atoms with Crippen molar-refractivity contribution in [3.8, 4) is 11.3 Å². The second-order valence-electron chi connectivity index (χ2n) is 2.93. The van der Waals surface area contributed by atoms with Crippen LogP contribution >= 0.6 is 11.6 Å². The lowest BCUT2D eigenvalue weighted by Crippen LogP contribution is -1.93. The first-order chi connectivity index (χ1) is 7.16. The Morgan fingerprint density at radius 3 is 2.80 bits per heavy atom. The third-order valence-electron chi connectivity index (χ3n) is 1.87. The molecule has 76 valence electrons. The number of pyridine rings is 2. The number of nitrogens with zero attached hydrogens (tertiary/aromatic N) is 2. The summed E-state index contributed by atoms with van der Waals surface area (Å²) in [6.07, 6.45) is 1.52. The summed E-state index contributed by atoms with van der Waals surface area (Å²) in [7, 11) is 0. The van der Waals surface area contributed by atoms with Crippen LogP contribution in [0.2, 0.25) is 5.02 Å². The summed E-state index contributed by atoms with van der Waals surface area (Å²) in [6.45, 7) is 0. The van der Waals surface area contributed by atoms with Crippen LogP contribution in [0.3, 0.4) is 0 Å². The van der Waals surface area contributed by atoms with Gasteiger partial charge in [0, 0.05) is 11.8 Å². The summed E-state index contributed by atoms with van der Waals surface area (Å²) in [5.41, 5.74) is 6.52. The van der Waals surface area contributed by atoms with Crippen molar-refractivity contribution in [1.29, 1.82) is 0 Å². The molecule has 0 atom stereocenters. The number of nitrogen functional groups attached to an aromatic ring is 1. The molecule has 2 aromatic rings. The van der Waals surface area contributed by atoms with Crippen LogP contribution in [0.25, 0.3) is 11.3 Å². The quantitative estimate of drug-likeness (QED) is 0.756. The number of rotatable bonds is 1. The molecule has 15 heavy (non-hydrogen) atoms. The van der Waals surface area contributed by atoms with Crippen molar-refractivity contribution in [3.63, 3.8) is 0 Å². The Hall–Kier alpha value is -1.68. The molecule has 0 radical (unpaired) electrons. The standard InChI is InChI=1S/C10H7ClFN3/c11-7-1-2-8(12)15-10(7)6-3-4-14-9(13)5-6/h1-5H,(H2,13,14). The Labute approximate surface area is 90.7 Å². The SMILES string of the molecule is Nc1cc(-c2nc(F)ccc2Cl)ccn1. The van der Waals surface area contributed by atoms with Crippen molar-refractivity contribution in [2.45, 2.75) is 0 Å². The van der Waals surface area contributed by atoms with Gasteiger partial charge in [-0.15, -0.1) is 0 Å². The molecular weight excluding hydrogens is 217 g/mol. The van der Waals surface area contributed by atoms with E-state index in [-0.39, 0.29) is 0 Å². The Kier molecular flexibility index (Phi) is 2.51. The Morgan fingerprint density at radius 2 is 2.07 bits per heavy atom. The van der Waals surface area contributed by atoms with Crippen LogP contribution in [0.5, 0.6) is 0 Å². The first-order valence-corrected chi connectivity index (χ1v) is 4.58. The van der Waals surface area contributed by atoms with Crippen LogP contribution < -0.4 is 5.73 Å². The molecule has 2 rings (SSSR count). The molecule has 0 aliphatic carbocycles. The number of hydrogen-bond donors (Lipinski definition) is 1. The predicted octanol–water partition coefficient (Wildman–Crippen LogP) is 2.52. The van der Waals surface area contributed by atoms with Gasteiger partial charge in [0.05, 0.1) is 10.7 Å². The van der Waals surface area contributed by atoms with Crippen molar-refractivity contribution in [2.75, 3.05) is 5.73 Å². The topological polar surface area (TPSA) is 51.8 Å². The van der Waals surface area contributed by atoms with Gasteiger partial charge in [-0.05, 0) is 24.3 Å². The van der Waals surface area contributed by atoms with Gasteiger partial charge >= 0.3 is 0 Å². The maximum atomic E-state index is 12.9. The lowest BCUT2D eigenvalue weighted by molar-refractivity contribution is 0.585. The highest BCUT2D eigenvalue weighted by molar-refractivity contribution is 6.33. The van der Waals surface area contributed by atoms with Crippen molar-refractivity contribution in [1.82, 2.24) is 9.97 Å². The molecule has 0 aromatic carbocycles. The van der Waals surface area contributed by atoms with Gasteiger partial charge in [-0.2, -0.15) is 4.39 Å². The maximum absolute atomic E-state index is 12.9. The number of anilines is 1. The van der Waals surface area contributed by atoms with Crippen LogP contribution in [0, 0.1) is 5.95 Å². The molecule has 0 aliphatic rings. The molecule has 0 fully saturated rings. The summed E-state index contributed by atoms with van der Waals surface area (Å²) in [6, 6.07) is 5.92. The first kappa shape index (κ1) is 9.86. The third kappa shape index (κ3) is 2.05. The van der Waals surface area contributed by atoms with Crippen LogP contribution in [-0.2, 0) is 0 Å². The fourth-order valence-corrected chi connectivity index (χ4v) is 1.43. The molecule has 0 saturated carbocycles. The van der Waals surface area contributed by atoms with Gasteiger partial charge in [0.25, 0.3) is 0 Å². The minimum Gasteiger partial charge on any atom is -0.384 e. The summed E-state index contributed by atoms with van der Waals surface area (Å²) >= 11 is 5.89. The molecule has 5 heteroatoms. The number of aromatic nitrogens is 2. The van der Waals surface area contributed by atoms with E-state index < -0.39 is 5.95 Å². The molecule has 2 heterocycles. The van der Waals surface area contributed by atoms with Gasteiger partial charge in [-0.3, -0.25) is 0 Å². The van der Waals surface area contributed by atoms with Crippen molar-refractivity contribution < 1.29 is 4.39 Å². The van der Waals surface area contributed by atoms with E-state index in [1.165, 1.54) is 18.3 Å². The molecule has 0 spiro atoms. The molecule has 0 amide bonds. The number of halogens is 2. The molecule has 0 unspecified atom stereocenters. The Balaban J connectivity index is 2.58. The summed E-state index contributed by atoms with van der Waals surface area (Å²) in [5, 5.41) is 0.377. The normalized spacial score (nSPS) is 10.3. The summed E-state index contributed by atoms with van der Waals surface area (Å²) < 4.78 is 12.9. The van der Waals surface area contributed by atoms with Gasteiger partial charge < -0.3 is 5.73 Å². The highest BCUT2D eigenvalue weighted by atomic mass is 35.5. The first-order valence-electron chi connectivity index (χ1n) is 4.21. The molecule has 0 bridgehead atoms. The zero-order chi connectivity index (χ0) is 10.8. The zero-order valence-corrected chi connectivity index (χ0v) is 8.37. The Morgan fingerprint density at radius 1 is 1.27 bits per heavy atom. The minimum atomic E-state index is -0.579. The molecule has 0 saturated heterocycles. The van der Waals surface area contributed by atoms with E-state index in [1.54, 1.807) is 12.1 Å². The van der Waals surface area contributed by atoms with E-state index in [4.69, 9.17) is 17.3 Å². The highest BCUT2D eigenvalue weighted by Crippen LogP contribution is 2.26. The number of hydrogen-bond acceptors (Lipinski definition) is 3. The second kappa shape index (κ2) is 3.82. The predicted molar refractivity (Wildman–Crippen MR) is 56.8 cm³/mol. The molecule has 0 aliphatic heterocycles. The molecule has 3 nitrogen and oxygen atoms in total. The average Bonchev–Trinajstić information content (AvgIpc) is 2.22. The van der Waals surface area contributed by atoms with E-state index in [0.29, 0.717) is 22.1 Å². The summed E-state index contributed by atoms with van der Waals surface area (Å²) in [4.78, 5) is 7.53. The average molecular weight is 224 g/mol. The van der Waals surface area contributed by atoms with E-state index in [9.17, 15) is 4.39 Å². The summed E-state index contributed by atoms with van der Waals surface area (Å²) in [5.74, 6) is -0.237. The fourth-order valence-electron chi connectivity index (χ4n) is 1.22. The lowest BCUT2D eigenvalue weighted by atomic mass is 10.2. The van der Waals surface area contributed by atoms with Crippen LogP contribution in [0.1, 0.15) is 0 Å². The van der Waals surface area contributed by atoms with Gasteiger partial charge in [-0.25, -0.2) is 9.97 Å². The minimum absolute atomic E-state index is 0.342. The molecule has 2 aromatic heterocycles. The lowest BCUT2D eigenvalue weighted by Gasteiger charge is -2.03.